The molecule has 0 aliphatic rings. The zero-order valence-corrected chi connectivity index (χ0v) is 20.1. The molecule has 0 spiro atoms. The van der Waals surface area contributed by atoms with Crippen LogP contribution >= 0.6 is 11.6 Å². The minimum absolute atomic E-state index is 0.125. The number of anilines is 2. The number of hydrogen-bond acceptors (Lipinski definition) is 4. The Hall–Kier alpha value is -4.30. The van der Waals surface area contributed by atoms with Crippen LogP contribution in [0.2, 0.25) is 5.02 Å². The number of nitrogens with one attached hydrogen (secondary N) is 3. The molecule has 8 nitrogen and oxygen atoms in total. The first-order valence-electron chi connectivity index (χ1n) is 10.7. The highest BCUT2D eigenvalue weighted by Gasteiger charge is 2.22. The topological polar surface area (TPSA) is 101 Å². The number of aromatic nitrogens is 1. The molecule has 3 amide bonds. The lowest BCUT2D eigenvalue weighted by Gasteiger charge is -2.14. The Morgan fingerprint density at radius 1 is 0.857 bits per heavy atom. The molecule has 0 saturated carbocycles. The van der Waals surface area contributed by atoms with Gasteiger partial charge in [0.05, 0.1) is 18.3 Å². The molecule has 0 fully saturated rings. The lowest BCUT2D eigenvalue weighted by Crippen LogP contribution is -2.36. The molecule has 4 aromatic rings. The quantitative estimate of drug-likeness (QED) is 0.347. The summed E-state index contributed by atoms with van der Waals surface area (Å²) in [5.74, 6) is -1.95. The van der Waals surface area contributed by atoms with Crippen LogP contribution in [0.15, 0.2) is 66.7 Å². The van der Waals surface area contributed by atoms with Crippen molar-refractivity contribution in [3.05, 3.63) is 88.6 Å². The molecule has 0 radical (unpaired) electrons. The van der Waals surface area contributed by atoms with Gasteiger partial charge in [0.1, 0.15) is 11.4 Å². The van der Waals surface area contributed by atoms with Crippen molar-refractivity contribution < 1.29 is 19.1 Å². The molecule has 0 saturated heterocycles. The smallest absolute Gasteiger partial charge is 0.328 e. The number of halogens is 1. The van der Waals surface area contributed by atoms with E-state index in [4.69, 9.17) is 16.3 Å². The van der Waals surface area contributed by atoms with Crippen molar-refractivity contribution in [2.75, 3.05) is 23.2 Å². The van der Waals surface area contributed by atoms with E-state index >= 15 is 0 Å². The minimum atomic E-state index is -0.969. The highest BCUT2D eigenvalue weighted by atomic mass is 35.5. The summed E-state index contributed by atoms with van der Waals surface area (Å²) in [6.07, 6.45) is 0. The second-order valence-corrected chi connectivity index (χ2v) is 8.43. The molecule has 3 N–H and O–H groups in total. The monoisotopic (exact) mass is 490 g/mol. The fourth-order valence-corrected chi connectivity index (χ4v) is 3.98. The number of methoxy groups -OCH3 is 1. The van der Waals surface area contributed by atoms with Gasteiger partial charge < -0.3 is 15.4 Å². The third kappa shape index (κ3) is 5.28. The molecule has 35 heavy (non-hydrogen) atoms. The molecule has 0 aliphatic heterocycles. The molecule has 0 atom stereocenters. The first-order valence-corrected chi connectivity index (χ1v) is 11.1. The second-order valence-electron chi connectivity index (χ2n) is 7.99. The number of hydrogen-bond donors (Lipinski definition) is 3. The number of ether oxygens (including phenoxy) is 1. The predicted molar refractivity (Wildman–Crippen MR) is 137 cm³/mol. The van der Waals surface area contributed by atoms with Crippen LogP contribution in [-0.2, 0) is 9.59 Å². The van der Waals surface area contributed by atoms with Crippen LogP contribution < -0.4 is 20.8 Å². The summed E-state index contributed by atoms with van der Waals surface area (Å²) in [4.78, 5) is 38.6. The largest absolute Gasteiger partial charge is 0.495 e. The van der Waals surface area contributed by atoms with Gasteiger partial charge in [-0.1, -0.05) is 29.8 Å². The van der Waals surface area contributed by atoms with Crippen LogP contribution in [0.1, 0.15) is 21.6 Å². The van der Waals surface area contributed by atoms with Gasteiger partial charge in [-0.15, -0.1) is 0 Å². The van der Waals surface area contributed by atoms with E-state index in [1.165, 1.54) is 11.8 Å². The van der Waals surface area contributed by atoms with Crippen LogP contribution in [-0.4, -0.2) is 29.5 Å². The first kappa shape index (κ1) is 23.8. The van der Waals surface area contributed by atoms with Crippen LogP contribution in [0.3, 0.4) is 0 Å². The van der Waals surface area contributed by atoms with E-state index in [2.05, 4.69) is 16.1 Å². The number of aryl methyl sites for hydroxylation is 2. The molecular weight excluding hydrogens is 468 g/mol. The maximum atomic E-state index is 13.2. The van der Waals surface area contributed by atoms with Crippen molar-refractivity contribution in [3.63, 3.8) is 0 Å². The van der Waals surface area contributed by atoms with Gasteiger partial charge in [-0.25, -0.2) is 4.68 Å². The maximum absolute atomic E-state index is 13.2. The van der Waals surface area contributed by atoms with E-state index in [1.54, 1.807) is 48.5 Å². The summed E-state index contributed by atoms with van der Waals surface area (Å²) >= 11 is 6.13. The zero-order chi connectivity index (χ0) is 25.1. The normalized spacial score (nSPS) is 10.6. The number of carbonyl (C=O) groups excluding carboxylic acids is 3. The highest BCUT2D eigenvalue weighted by molar-refractivity contribution is 6.42. The van der Waals surface area contributed by atoms with Crippen molar-refractivity contribution in [1.82, 2.24) is 4.68 Å². The number of rotatable bonds is 5. The average molecular weight is 491 g/mol. The standard InChI is InChI=1S/C26H23ClN4O4/c1-15-10-16(2)12-19(11-15)28-24(32)22-14-17-13-18(27)8-9-21(17)31(22)30-26(34)25(33)29-20-6-4-5-7-23(20)35-3/h4-14H,1-3H3,(H,28,32)(H,29,33)(H,30,34). The van der Waals surface area contributed by atoms with E-state index in [0.717, 1.165) is 11.1 Å². The Balaban J connectivity index is 1.64. The van der Waals surface area contributed by atoms with E-state index in [9.17, 15) is 14.4 Å². The van der Waals surface area contributed by atoms with Gasteiger partial charge in [0.15, 0.2) is 0 Å². The minimum Gasteiger partial charge on any atom is -0.495 e. The van der Waals surface area contributed by atoms with Crippen molar-refractivity contribution in [2.45, 2.75) is 13.8 Å². The average Bonchev–Trinajstić information content (AvgIpc) is 3.16. The van der Waals surface area contributed by atoms with E-state index < -0.39 is 17.7 Å². The Kier molecular flexibility index (Phi) is 6.75. The predicted octanol–water partition coefficient (Wildman–Crippen LogP) is 4.88. The van der Waals surface area contributed by atoms with Crippen LogP contribution in [0, 0.1) is 13.8 Å². The van der Waals surface area contributed by atoms with Gasteiger partial charge in [-0.05, 0) is 73.5 Å². The van der Waals surface area contributed by atoms with Crippen molar-refractivity contribution in [3.8, 4) is 5.75 Å². The summed E-state index contributed by atoms with van der Waals surface area (Å²) < 4.78 is 6.48. The van der Waals surface area contributed by atoms with Crippen LogP contribution in [0.5, 0.6) is 5.75 Å². The molecule has 0 bridgehead atoms. The number of fused-ring (bicyclic) bond motifs is 1. The molecule has 0 unspecified atom stereocenters. The SMILES string of the molecule is COc1ccccc1NC(=O)C(=O)Nn1c(C(=O)Nc2cc(C)cc(C)c2)cc2cc(Cl)ccc21. The number of amides is 3. The third-order valence-electron chi connectivity index (χ3n) is 5.25. The van der Waals surface area contributed by atoms with E-state index in [0.29, 0.717) is 33.0 Å². The number of benzene rings is 3. The van der Waals surface area contributed by atoms with Gasteiger partial charge in [0, 0.05) is 16.1 Å². The lowest BCUT2D eigenvalue weighted by atomic mass is 10.1. The fourth-order valence-electron chi connectivity index (χ4n) is 3.80. The Labute approximate surface area is 206 Å². The molecule has 178 valence electrons. The Bertz CT molecular complexity index is 1440. The summed E-state index contributed by atoms with van der Waals surface area (Å²) in [6.45, 7) is 3.87. The van der Waals surface area contributed by atoms with Gasteiger partial charge in [0.2, 0.25) is 0 Å². The first-order chi connectivity index (χ1) is 16.7. The highest BCUT2D eigenvalue weighted by Crippen LogP contribution is 2.25. The van der Waals surface area contributed by atoms with E-state index in [-0.39, 0.29) is 5.69 Å². The van der Waals surface area contributed by atoms with Gasteiger partial charge in [-0.2, -0.15) is 0 Å². The second kappa shape index (κ2) is 9.90. The van der Waals surface area contributed by atoms with Crippen LogP contribution in [0.4, 0.5) is 11.4 Å². The Morgan fingerprint density at radius 3 is 2.29 bits per heavy atom. The molecule has 4 rings (SSSR count). The summed E-state index contributed by atoms with van der Waals surface area (Å²) in [6, 6.07) is 18.9. The summed E-state index contributed by atoms with van der Waals surface area (Å²) in [7, 11) is 1.46. The Morgan fingerprint density at radius 2 is 1.57 bits per heavy atom. The van der Waals surface area contributed by atoms with Crippen LogP contribution in [0.25, 0.3) is 10.9 Å². The molecule has 3 aromatic carbocycles. The van der Waals surface area contributed by atoms with Gasteiger partial charge in [0.25, 0.3) is 5.91 Å². The molecular formula is C26H23ClN4O4. The molecule has 9 heteroatoms. The van der Waals surface area contributed by atoms with Gasteiger partial charge in [-0.3, -0.25) is 19.8 Å². The van der Waals surface area contributed by atoms with Crippen molar-refractivity contribution in [1.29, 1.82) is 0 Å². The van der Waals surface area contributed by atoms with Crippen molar-refractivity contribution >= 4 is 51.6 Å². The summed E-state index contributed by atoms with van der Waals surface area (Å²) in [5.41, 5.74) is 6.09. The van der Waals surface area contributed by atoms with Gasteiger partial charge >= 0.3 is 11.8 Å². The molecule has 1 heterocycles. The number of nitrogens with zero attached hydrogens (tertiary/aromatic N) is 1. The third-order valence-corrected chi connectivity index (χ3v) is 5.49. The summed E-state index contributed by atoms with van der Waals surface area (Å²) in [5, 5.41) is 6.46. The molecule has 1 aromatic heterocycles. The van der Waals surface area contributed by atoms with Crippen molar-refractivity contribution in [2.24, 2.45) is 0 Å². The maximum Gasteiger partial charge on any atom is 0.328 e. The number of carbonyl (C=O) groups is 3. The zero-order valence-electron chi connectivity index (χ0n) is 19.3. The lowest BCUT2D eigenvalue weighted by molar-refractivity contribution is -0.133. The number of para-hydroxylation sites is 2. The fraction of sp³-hybridized carbons (Fsp3) is 0.115. The van der Waals surface area contributed by atoms with E-state index in [1.807, 2.05) is 32.0 Å². The molecule has 0 aliphatic carbocycles.